The molecule has 0 fully saturated rings. The molecule has 2 heteroatoms. The number of anilines is 2. The van der Waals surface area contributed by atoms with Crippen molar-refractivity contribution in [3.05, 3.63) is 48.0 Å². The maximum Gasteiger partial charge on any atom is 0.154 e. The van der Waals surface area contributed by atoms with Crippen LogP contribution in [0.25, 0.3) is 0 Å². The molecular weight excluding hydrogens is 222 g/mol. The van der Waals surface area contributed by atoms with E-state index in [1.165, 1.54) is 5.56 Å². The maximum absolute atomic E-state index is 6.05. The van der Waals surface area contributed by atoms with Gasteiger partial charge in [0.25, 0.3) is 0 Å². The summed E-state index contributed by atoms with van der Waals surface area (Å²) in [5.74, 6) is 2.50. The van der Waals surface area contributed by atoms with Crippen molar-refractivity contribution in [3.8, 4) is 11.5 Å². The van der Waals surface area contributed by atoms with Crippen LogP contribution in [0.3, 0.4) is 0 Å². The van der Waals surface area contributed by atoms with E-state index in [1.54, 1.807) is 0 Å². The smallest absolute Gasteiger partial charge is 0.154 e. The highest BCUT2D eigenvalue weighted by Crippen LogP contribution is 2.43. The Kier molecular flexibility index (Phi) is 2.71. The number of hydrogen-bond acceptors (Lipinski definition) is 2. The Labute approximate surface area is 108 Å². The minimum atomic E-state index is 0.622. The molecule has 1 aliphatic rings. The molecule has 92 valence electrons. The minimum absolute atomic E-state index is 0.622. The van der Waals surface area contributed by atoms with E-state index in [0.29, 0.717) is 5.92 Å². The summed E-state index contributed by atoms with van der Waals surface area (Å²) < 4.78 is 6.05. The van der Waals surface area contributed by atoms with E-state index in [4.69, 9.17) is 4.74 Å². The standard InChI is InChI=1S/C16H17NO/c1-11(2)10-12-6-5-8-14-16(12)18-15-9-4-3-7-13(15)17-14/h3-9,11,17H,10H2,1-2H3. The van der Waals surface area contributed by atoms with Gasteiger partial charge < -0.3 is 10.1 Å². The van der Waals surface area contributed by atoms with Gasteiger partial charge in [0.2, 0.25) is 0 Å². The molecule has 0 radical (unpaired) electrons. The fraction of sp³-hybridized carbons (Fsp3) is 0.250. The van der Waals surface area contributed by atoms with Crippen molar-refractivity contribution in [2.24, 2.45) is 5.92 Å². The van der Waals surface area contributed by atoms with E-state index < -0.39 is 0 Å². The Morgan fingerprint density at radius 2 is 1.78 bits per heavy atom. The molecule has 0 amide bonds. The van der Waals surface area contributed by atoms with Gasteiger partial charge in [-0.05, 0) is 36.1 Å². The van der Waals surface area contributed by atoms with Crippen LogP contribution >= 0.6 is 0 Å². The average molecular weight is 239 g/mol. The molecule has 0 atom stereocenters. The number of rotatable bonds is 2. The molecule has 0 unspecified atom stereocenters. The number of ether oxygens (including phenoxy) is 1. The Morgan fingerprint density at radius 1 is 1.00 bits per heavy atom. The van der Waals surface area contributed by atoms with Gasteiger partial charge >= 0.3 is 0 Å². The van der Waals surface area contributed by atoms with Crippen LogP contribution in [0.4, 0.5) is 11.4 Å². The first-order valence-corrected chi connectivity index (χ1v) is 6.40. The second kappa shape index (κ2) is 4.37. The third kappa shape index (κ3) is 1.94. The van der Waals surface area contributed by atoms with Crippen LogP contribution in [0.5, 0.6) is 11.5 Å². The number of fused-ring (bicyclic) bond motifs is 2. The van der Waals surface area contributed by atoms with Gasteiger partial charge in [0, 0.05) is 0 Å². The first-order valence-electron chi connectivity index (χ1n) is 6.40. The van der Waals surface area contributed by atoms with Crippen molar-refractivity contribution in [2.45, 2.75) is 20.3 Å². The molecular formula is C16H17NO. The lowest BCUT2D eigenvalue weighted by Gasteiger charge is -2.24. The fourth-order valence-corrected chi connectivity index (χ4v) is 2.32. The van der Waals surface area contributed by atoms with E-state index in [0.717, 1.165) is 29.3 Å². The second-order valence-corrected chi connectivity index (χ2v) is 5.12. The van der Waals surface area contributed by atoms with Crippen molar-refractivity contribution in [1.82, 2.24) is 0 Å². The summed E-state index contributed by atoms with van der Waals surface area (Å²) in [4.78, 5) is 0. The SMILES string of the molecule is CC(C)Cc1cccc2c1Oc1ccccc1N2. The Balaban J connectivity index is 2.02. The molecule has 0 aliphatic carbocycles. The van der Waals surface area contributed by atoms with Crippen LogP contribution in [0.1, 0.15) is 19.4 Å². The zero-order valence-electron chi connectivity index (χ0n) is 10.7. The van der Waals surface area contributed by atoms with Gasteiger partial charge in [-0.3, -0.25) is 0 Å². The van der Waals surface area contributed by atoms with Crippen molar-refractivity contribution in [2.75, 3.05) is 5.32 Å². The first-order chi connectivity index (χ1) is 8.74. The summed E-state index contributed by atoms with van der Waals surface area (Å²) >= 11 is 0. The number of nitrogens with one attached hydrogen (secondary N) is 1. The lowest BCUT2D eigenvalue weighted by atomic mass is 10.0. The van der Waals surface area contributed by atoms with Crippen molar-refractivity contribution >= 4 is 11.4 Å². The van der Waals surface area contributed by atoms with Gasteiger partial charge in [-0.1, -0.05) is 38.1 Å². The highest BCUT2D eigenvalue weighted by molar-refractivity contribution is 5.76. The van der Waals surface area contributed by atoms with Gasteiger partial charge in [0.1, 0.15) is 0 Å². The molecule has 0 saturated heterocycles. The van der Waals surface area contributed by atoms with Crippen LogP contribution in [-0.4, -0.2) is 0 Å². The summed E-state index contributed by atoms with van der Waals surface area (Å²) in [5, 5.41) is 3.43. The molecule has 18 heavy (non-hydrogen) atoms. The van der Waals surface area contributed by atoms with E-state index >= 15 is 0 Å². The van der Waals surface area contributed by atoms with Crippen LogP contribution in [0.15, 0.2) is 42.5 Å². The van der Waals surface area contributed by atoms with Crippen LogP contribution in [0.2, 0.25) is 0 Å². The number of benzene rings is 2. The zero-order valence-corrected chi connectivity index (χ0v) is 10.7. The lowest BCUT2D eigenvalue weighted by Crippen LogP contribution is -2.06. The molecule has 2 aromatic rings. The van der Waals surface area contributed by atoms with Crippen molar-refractivity contribution in [3.63, 3.8) is 0 Å². The first kappa shape index (κ1) is 11.1. The number of para-hydroxylation sites is 3. The molecule has 2 aromatic carbocycles. The predicted octanol–water partition coefficient (Wildman–Crippen LogP) is 4.73. The summed E-state index contributed by atoms with van der Waals surface area (Å²) in [6.07, 6.45) is 1.03. The van der Waals surface area contributed by atoms with Gasteiger partial charge in [0.15, 0.2) is 11.5 Å². The molecule has 0 aromatic heterocycles. The zero-order chi connectivity index (χ0) is 12.5. The van der Waals surface area contributed by atoms with Gasteiger partial charge in [-0.15, -0.1) is 0 Å². The number of hydrogen-bond donors (Lipinski definition) is 1. The predicted molar refractivity (Wildman–Crippen MR) is 74.8 cm³/mol. The molecule has 3 rings (SSSR count). The fourth-order valence-electron chi connectivity index (χ4n) is 2.32. The largest absolute Gasteiger partial charge is 0.453 e. The molecule has 1 N–H and O–H groups in total. The van der Waals surface area contributed by atoms with E-state index in [2.05, 4.69) is 37.4 Å². The molecule has 1 heterocycles. The molecule has 0 spiro atoms. The molecule has 1 aliphatic heterocycles. The summed E-state index contributed by atoms with van der Waals surface area (Å²) in [6, 6.07) is 14.3. The normalized spacial score (nSPS) is 12.4. The van der Waals surface area contributed by atoms with Gasteiger partial charge in [0.05, 0.1) is 11.4 Å². The minimum Gasteiger partial charge on any atom is -0.453 e. The van der Waals surface area contributed by atoms with E-state index in [1.807, 2.05) is 24.3 Å². The molecule has 2 nitrogen and oxygen atoms in total. The monoisotopic (exact) mass is 239 g/mol. The van der Waals surface area contributed by atoms with E-state index in [9.17, 15) is 0 Å². The van der Waals surface area contributed by atoms with Crippen LogP contribution in [-0.2, 0) is 6.42 Å². The lowest BCUT2D eigenvalue weighted by molar-refractivity contribution is 0.469. The Morgan fingerprint density at radius 3 is 2.61 bits per heavy atom. The Hall–Kier alpha value is -1.96. The third-order valence-corrected chi connectivity index (χ3v) is 3.09. The van der Waals surface area contributed by atoms with Crippen molar-refractivity contribution in [1.29, 1.82) is 0 Å². The van der Waals surface area contributed by atoms with Crippen LogP contribution in [0, 0.1) is 5.92 Å². The highest BCUT2D eigenvalue weighted by atomic mass is 16.5. The summed E-state index contributed by atoms with van der Waals surface area (Å²) in [6.45, 7) is 4.45. The average Bonchev–Trinajstić information content (AvgIpc) is 2.36. The second-order valence-electron chi connectivity index (χ2n) is 5.12. The van der Waals surface area contributed by atoms with Crippen LogP contribution < -0.4 is 10.1 Å². The van der Waals surface area contributed by atoms with E-state index in [-0.39, 0.29) is 0 Å². The highest BCUT2D eigenvalue weighted by Gasteiger charge is 2.18. The summed E-state index contributed by atoms with van der Waals surface area (Å²) in [7, 11) is 0. The Bertz CT molecular complexity index is 575. The molecule has 0 saturated carbocycles. The molecule has 0 bridgehead atoms. The van der Waals surface area contributed by atoms with Gasteiger partial charge in [-0.2, -0.15) is 0 Å². The summed E-state index contributed by atoms with van der Waals surface area (Å²) in [5.41, 5.74) is 3.36. The quantitative estimate of drug-likeness (QED) is 0.697. The van der Waals surface area contributed by atoms with Gasteiger partial charge in [-0.25, -0.2) is 0 Å². The maximum atomic E-state index is 6.05. The van der Waals surface area contributed by atoms with Crippen molar-refractivity contribution < 1.29 is 4.74 Å². The topological polar surface area (TPSA) is 21.3 Å². The third-order valence-electron chi connectivity index (χ3n) is 3.09.